The van der Waals surface area contributed by atoms with Crippen molar-refractivity contribution in [2.75, 3.05) is 7.05 Å². The van der Waals surface area contributed by atoms with Crippen LogP contribution in [0.2, 0.25) is 0 Å². The summed E-state index contributed by atoms with van der Waals surface area (Å²) in [5.41, 5.74) is 11.6. The third-order valence-corrected chi connectivity index (χ3v) is 11.2. The first kappa shape index (κ1) is 45.1. The van der Waals surface area contributed by atoms with E-state index in [9.17, 15) is 0 Å². The summed E-state index contributed by atoms with van der Waals surface area (Å²) in [5.74, 6) is 1.95. The first-order valence-electron chi connectivity index (χ1n) is 22.2. The molecule has 0 fully saturated rings. The molecule has 0 aliphatic heterocycles. The highest BCUT2D eigenvalue weighted by Gasteiger charge is 2.17. The summed E-state index contributed by atoms with van der Waals surface area (Å²) >= 11 is 0. The van der Waals surface area contributed by atoms with E-state index in [1.807, 2.05) is 107 Å². The van der Waals surface area contributed by atoms with E-state index in [2.05, 4.69) is 144 Å². The number of para-hydroxylation sites is 2. The van der Waals surface area contributed by atoms with Gasteiger partial charge in [-0.05, 0) is 110 Å². The van der Waals surface area contributed by atoms with Crippen LogP contribution in [0.15, 0.2) is 212 Å². The molecule has 0 aliphatic carbocycles. The molecule has 7 aromatic carbocycles. The van der Waals surface area contributed by atoms with Crippen molar-refractivity contribution in [3.05, 3.63) is 213 Å². The summed E-state index contributed by atoms with van der Waals surface area (Å²) in [6, 6.07) is 57.6. The van der Waals surface area contributed by atoms with Gasteiger partial charge in [-0.2, -0.15) is 0 Å². The van der Waals surface area contributed by atoms with Crippen LogP contribution in [-0.4, -0.2) is 36.8 Å². The van der Waals surface area contributed by atoms with Crippen LogP contribution in [0.5, 0.6) is 0 Å². The Bertz CT molecular complexity index is 3240. The fraction of sp³-hybridized carbons (Fsp3) is 0.119. The van der Waals surface area contributed by atoms with E-state index in [1.54, 1.807) is 13.1 Å². The van der Waals surface area contributed by atoms with Gasteiger partial charge in [-0.1, -0.05) is 148 Å². The minimum atomic E-state index is 0.644. The zero-order chi connectivity index (χ0) is 45.9. The van der Waals surface area contributed by atoms with Gasteiger partial charge in [0.15, 0.2) is 17.5 Å². The standard InChI is InChI=1S/C46H31N5.C7H11N.C4H8.C2H6/c1-30-25-34(46-48-44(31-13-5-2-6-14-31)47-45(49-46)32-15-7-3-8-16-32)27-36(26-30)50-24-23-38-39-29-43-40(28-33(39)21-22-41(38)50)37-19-11-12-20-42(37)51(43)35-17-9-4-10-18-35;1-5-6(2)7(3)8-4;1-3-4-2;1-2/h2-29H,1H3;5H,1-2H2,3-4H3;3-4H,1-2H3;1-2H3/b;;4-3-;. The number of hydrogen-bond donors (Lipinski definition) is 0. The Morgan fingerprint density at radius 3 is 1.66 bits per heavy atom. The summed E-state index contributed by atoms with van der Waals surface area (Å²) in [7, 11) is 1.74. The SMILES string of the molecule is C/C=C\C.C=CC(=C)C(C)=NC.CC.Cc1cc(-c2nc(-c3ccccc3)nc(-c3ccccc3)n2)cc(-n2ccc3c4cc5c(cc4ccc32)c2ccccc2n5-c2ccccc2)c1. The normalized spacial score (nSPS) is 11.2. The first-order valence-corrected chi connectivity index (χ1v) is 22.2. The lowest BCUT2D eigenvalue weighted by Gasteiger charge is -2.12. The Morgan fingerprint density at radius 2 is 1.09 bits per heavy atom. The van der Waals surface area contributed by atoms with Crippen molar-refractivity contribution < 1.29 is 0 Å². The van der Waals surface area contributed by atoms with Crippen molar-refractivity contribution >= 4 is 49.2 Å². The summed E-state index contributed by atoms with van der Waals surface area (Å²) in [4.78, 5) is 18.8. The third-order valence-electron chi connectivity index (χ3n) is 11.2. The lowest BCUT2D eigenvalue weighted by Crippen LogP contribution is -2.01. The average Bonchev–Trinajstić information content (AvgIpc) is 3.96. The molecule has 0 bridgehead atoms. The Balaban J connectivity index is 0.000000397. The maximum atomic E-state index is 5.01. The second kappa shape index (κ2) is 20.9. The van der Waals surface area contributed by atoms with E-state index in [0.717, 1.165) is 50.4 Å². The van der Waals surface area contributed by atoms with Crippen molar-refractivity contribution in [2.45, 2.75) is 41.5 Å². The molecule has 10 rings (SSSR count). The maximum Gasteiger partial charge on any atom is 0.164 e. The number of nitrogens with zero attached hydrogens (tertiary/aromatic N) is 6. The van der Waals surface area contributed by atoms with Gasteiger partial charge in [0.2, 0.25) is 0 Å². The number of allylic oxidation sites excluding steroid dienone is 4. The number of rotatable bonds is 7. The zero-order valence-corrected chi connectivity index (χ0v) is 38.5. The summed E-state index contributed by atoms with van der Waals surface area (Å²) in [6.07, 6.45) is 7.88. The predicted molar refractivity (Wildman–Crippen MR) is 280 cm³/mol. The van der Waals surface area contributed by atoms with E-state index >= 15 is 0 Å². The van der Waals surface area contributed by atoms with Crippen LogP contribution in [0.4, 0.5) is 0 Å². The largest absolute Gasteiger partial charge is 0.317 e. The predicted octanol–water partition coefficient (Wildman–Crippen LogP) is 15.8. The summed E-state index contributed by atoms with van der Waals surface area (Å²) < 4.78 is 4.66. The van der Waals surface area contributed by atoms with E-state index in [-0.39, 0.29) is 0 Å². The molecule has 0 spiro atoms. The monoisotopic (exact) mass is 848 g/mol. The van der Waals surface area contributed by atoms with E-state index in [1.165, 1.54) is 38.0 Å². The number of hydrogen-bond acceptors (Lipinski definition) is 4. The Labute approximate surface area is 383 Å². The second-order valence-electron chi connectivity index (χ2n) is 15.3. The highest BCUT2D eigenvalue weighted by Crippen LogP contribution is 2.38. The molecule has 0 unspecified atom stereocenters. The first-order chi connectivity index (χ1) is 31.8. The number of aryl methyl sites for hydroxylation is 1. The minimum absolute atomic E-state index is 0.644. The van der Waals surface area contributed by atoms with Gasteiger partial charge in [0.25, 0.3) is 0 Å². The Kier molecular flexibility index (Phi) is 14.5. The van der Waals surface area contributed by atoms with Crippen LogP contribution in [0, 0.1) is 6.92 Å². The molecule has 0 saturated heterocycles. The number of aromatic nitrogens is 5. The van der Waals surface area contributed by atoms with Crippen molar-refractivity contribution in [2.24, 2.45) is 4.99 Å². The van der Waals surface area contributed by atoms with E-state index in [0.29, 0.717) is 17.5 Å². The zero-order valence-electron chi connectivity index (χ0n) is 38.5. The van der Waals surface area contributed by atoms with Crippen molar-refractivity contribution in [1.29, 1.82) is 0 Å². The molecule has 0 saturated carbocycles. The molecule has 10 aromatic rings. The molecule has 322 valence electrons. The van der Waals surface area contributed by atoms with Crippen LogP contribution >= 0.6 is 0 Å². The van der Waals surface area contributed by atoms with Gasteiger partial charge in [0.1, 0.15) is 0 Å². The van der Waals surface area contributed by atoms with Gasteiger partial charge in [-0.3, -0.25) is 4.99 Å². The molecule has 0 atom stereocenters. The van der Waals surface area contributed by atoms with Crippen LogP contribution < -0.4 is 0 Å². The smallest absolute Gasteiger partial charge is 0.164 e. The van der Waals surface area contributed by atoms with Crippen LogP contribution in [0.1, 0.15) is 40.2 Å². The summed E-state index contributed by atoms with van der Waals surface area (Å²) in [5, 5.41) is 6.17. The van der Waals surface area contributed by atoms with Gasteiger partial charge in [0.05, 0.1) is 16.6 Å². The van der Waals surface area contributed by atoms with Gasteiger partial charge in [-0.25, -0.2) is 15.0 Å². The third kappa shape index (κ3) is 9.68. The lowest BCUT2D eigenvalue weighted by atomic mass is 10.0. The Hall–Kier alpha value is -7.96. The fourth-order valence-electron chi connectivity index (χ4n) is 7.75. The van der Waals surface area contributed by atoms with Gasteiger partial charge in [-0.15, -0.1) is 0 Å². The van der Waals surface area contributed by atoms with Gasteiger partial charge < -0.3 is 9.13 Å². The molecule has 0 N–H and O–H groups in total. The molecule has 6 nitrogen and oxygen atoms in total. The highest BCUT2D eigenvalue weighted by molar-refractivity contribution is 6.18. The second-order valence-corrected chi connectivity index (χ2v) is 15.3. The van der Waals surface area contributed by atoms with Crippen molar-refractivity contribution in [3.8, 4) is 45.5 Å². The quantitative estimate of drug-likeness (QED) is 0.0912. The maximum absolute atomic E-state index is 5.01. The molecule has 65 heavy (non-hydrogen) atoms. The van der Waals surface area contributed by atoms with E-state index < -0.39 is 0 Å². The molecular formula is C59H56N6. The van der Waals surface area contributed by atoms with E-state index in [4.69, 9.17) is 15.0 Å². The number of aliphatic imine (C=N–C) groups is 1. The topological polar surface area (TPSA) is 60.9 Å². The number of benzene rings is 7. The number of fused-ring (bicyclic) bond motifs is 6. The molecule has 0 aliphatic rings. The molecular weight excluding hydrogens is 793 g/mol. The Morgan fingerprint density at radius 1 is 0.538 bits per heavy atom. The average molecular weight is 849 g/mol. The minimum Gasteiger partial charge on any atom is -0.317 e. The molecule has 0 amide bonds. The summed E-state index contributed by atoms with van der Waals surface area (Å²) in [6.45, 7) is 19.3. The lowest BCUT2D eigenvalue weighted by molar-refractivity contribution is 1.07. The highest BCUT2D eigenvalue weighted by atomic mass is 15.0. The van der Waals surface area contributed by atoms with Gasteiger partial charge >= 0.3 is 0 Å². The van der Waals surface area contributed by atoms with Gasteiger partial charge in [0, 0.05) is 63.2 Å². The van der Waals surface area contributed by atoms with Crippen molar-refractivity contribution in [3.63, 3.8) is 0 Å². The fourth-order valence-corrected chi connectivity index (χ4v) is 7.75. The molecule has 3 aromatic heterocycles. The van der Waals surface area contributed by atoms with Crippen molar-refractivity contribution in [1.82, 2.24) is 24.1 Å². The molecule has 6 heteroatoms. The molecule has 3 heterocycles. The van der Waals surface area contributed by atoms with Crippen LogP contribution in [-0.2, 0) is 0 Å². The molecule has 0 radical (unpaired) electrons. The van der Waals surface area contributed by atoms with Crippen LogP contribution in [0.25, 0.3) is 89.0 Å². The van der Waals surface area contributed by atoms with Crippen LogP contribution in [0.3, 0.4) is 0 Å².